The van der Waals surface area contributed by atoms with Crippen molar-refractivity contribution in [1.82, 2.24) is 0 Å². The summed E-state index contributed by atoms with van der Waals surface area (Å²) in [6.07, 6.45) is 0. The molecule has 0 aromatic heterocycles. The van der Waals surface area contributed by atoms with Gasteiger partial charge in [0.1, 0.15) is 0 Å². The van der Waals surface area contributed by atoms with E-state index in [1.165, 1.54) is 22.3 Å². The van der Waals surface area contributed by atoms with Crippen molar-refractivity contribution in [3.05, 3.63) is 78.9 Å². The maximum atomic E-state index is 5.61. The Hall–Kier alpha value is -3.46. The smallest absolute Gasteiger partial charge is 0.161 e. The molecule has 140 valence electrons. The highest BCUT2D eigenvalue weighted by Crippen LogP contribution is 2.45. The standard InChI is InChI=1S/C25H23NO2/c1-26-22-14-19(17-10-6-4-7-11-17)25(18-12-8-5-9-13-18)21-16-24(28-3)23(27-2)15-20(21)22/h4-16,26H,1-3H3. The lowest BCUT2D eigenvalue weighted by molar-refractivity contribution is 0.356. The lowest BCUT2D eigenvalue weighted by Gasteiger charge is -2.19. The number of nitrogens with one attached hydrogen (secondary N) is 1. The van der Waals surface area contributed by atoms with Crippen molar-refractivity contribution in [2.45, 2.75) is 0 Å². The van der Waals surface area contributed by atoms with Crippen LogP contribution in [-0.2, 0) is 0 Å². The molecule has 0 amide bonds. The first-order valence-corrected chi connectivity index (χ1v) is 9.28. The second-order valence-electron chi connectivity index (χ2n) is 6.58. The SMILES string of the molecule is CNc1cc(-c2ccccc2)c(-c2ccccc2)c2cc(OC)c(OC)cc12. The van der Waals surface area contributed by atoms with Crippen LogP contribution in [0, 0.1) is 0 Å². The summed E-state index contributed by atoms with van der Waals surface area (Å²) in [6.45, 7) is 0. The first-order chi connectivity index (χ1) is 13.8. The van der Waals surface area contributed by atoms with Crippen LogP contribution in [0.4, 0.5) is 5.69 Å². The highest BCUT2D eigenvalue weighted by Gasteiger charge is 2.18. The van der Waals surface area contributed by atoms with Crippen molar-refractivity contribution >= 4 is 16.5 Å². The van der Waals surface area contributed by atoms with Crippen LogP contribution >= 0.6 is 0 Å². The number of ether oxygens (including phenoxy) is 2. The topological polar surface area (TPSA) is 30.5 Å². The Morgan fingerprint density at radius 2 is 1.18 bits per heavy atom. The number of hydrogen-bond donors (Lipinski definition) is 1. The maximum absolute atomic E-state index is 5.61. The minimum absolute atomic E-state index is 0.720. The zero-order valence-electron chi connectivity index (χ0n) is 16.3. The van der Waals surface area contributed by atoms with E-state index in [4.69, 9.17) is 9.47 Å². The van der Waals surface area contributed by atoms with Crippen molar-refractivity contribution in [2.75, 3.05) is 26.6 Å². The molecule has 0 radical (unpaired) electrons. The molecule has 0 saturated heterocycles. The zero-order chi connectivity index (χ0) is 19.5. The molecule has 4 rings (SSSR count). The second kappa shape index (κ2) is 7.65. The second-order valence-corrected chi connectivity index (χ2v) is 6.58. The zero-order valence-corrected chi connectivity index (χ0v) is 16.3. The Morgan fingerprint density at radius 1 is 0.643 bits per heavy atom. The molecule has 0 atom stereocenters. The molecule has 0 aliphatic rings. The predicted octanol–water partition coefficient (Wildman–Crippen LogP) is 6.23. The van der Waals surface area contributed by atoms with Crippen LogP contribution < -0.4 is 14.8 Å². The number of methoxy groups -OCH3 is 2. The number of fused-ring (bicyclic) bond motifs is 1. The van der Waals surface area contributed by atoms with E-state index < -0.39 is 0 Å². The molecule has 4 aromatic rings. The largest absolute Gasteiger partial charge is 0.493 e. The minimum atomic E-state index is 0.720. The third-order valence-electron chi connectivity index (χ3n) is 5.06. The number of anilines is 1. The minimum Gasteiger partial charge on any atom is -0.493 e. The van der Waals surface area contributed by atoms with Crippen LogP contribution in [0.15, 0.2) is 78.9 Å². The summed E-state index contributed by atoms with van der Waals surface area (Å²) >= 11 is 0. The summed E-state index contributed by atoms with van der Waals surface area (Å²) in [6, 6.07) is 27.3. The third-order valence-corrected chi connectivity index (χ3v) is 5.06. The quantitative estimate of drug-likeness (QED) is 0.452. The van der Waals surface area contributed by atoms with Gasteiger partial charge in [0, 0.05) is 18.1 Å². The fourth-order valence-corrected chi connectivity index (χ4v) is 3.72. The van der Waals surface area contributed by atoms with Gasteiger partial charge in [-0.05, 0) is 45.8 Å². The molecule has 4 aromatic carbocycles. The van der Waals surface area contributed by atoms with Crippen LogP contribution in [0.2, 0.25) is 0 Å². The normalized spacial score (nSPS) is 10.7. The number of rotatable bonds is 5. The molecule has 0 unspecified atom stereocenters. The van der Waals surface area contributed by atoms with Gasteiger partial charge in [-0.25, -0.2) is 0 Å². The fourth-order valence-electron chi connectivity index (χ4n) is 3.72. The molecule has 0 saturated carbocycles. The average Bonchev–Trinajstić information content (AvgIpc) is 2.78. The van der Waals surface area contributed by atoms with E-state index in [0.29, 0.717) is 0 Å². The summed E-state index contributed by atoms with van der Waals surface area (Å²) in [5.74, 6) is 1.44. The first-order valence-electron chi connectivity index (χ1n) is 9.28. The number of benzene rings is 4. The Morgan fingerprint density at radius 3 is 1.71 bits per heavy atom. The van der Waals surface area contributed by atoms with Gasteiger partial charge >= 0.3 is 0 Å². The first kappa shape index (κ1) is 17.9. The van der Waals surface area contributed by atoms with E-state index in [-0.39, 0.29) is 0 Å². The maximum Gasteiger partial charge on any atom is 0.161 e. The van der Waals surface area contributed by atoms with Gasteiger partial charge < -0.3 is 14.8 Å². The van der Waals surface area contributed by atoms with Crippen LogP contribution in [-0.4, -0.2) is 21.3 Å². The van der Waals surface area contributed by atoms with Crippen molar-refractivity contribution in [2.24, 2.45) is 0 Å². The van der Waals surface area contributed by atoms with Crippen molar-refractivity contribution in [3.8, 4) is 33.8 Å². The van der Waals surface area contributed by atoms with Crippen LogP contribution in [0.25, 0.3) is 33.0 Å². The highest BCUT2D eigenvalue weighted by atomic mass is 16.5. The van der Waals surface area contributed by atoms with Gasteiger partial charge in [-0.2, -0.15) is 0 Å². The van der Waals surface area contributed by atoms with Gasteiger partial charge in [0.05, 0.1) is 14.2 Å². The van der Waals surface area contributed by atoms with E-state index in [1.54, 1.807) is 14.2 Å². The molecule has 0 aliphatic carbocycles. The van der Waals surface area contributed by atoms with E-state index in [0.717, 1.165) is 28.0 Å². The van der Waals surface area contributed by atoms with Gasteiger partial charge in [-0.15, -0.1) is 0 Å². The van der Waals surface area contributed by atoms with Crippen molar-refractivity contribution in [1.29, 1.82) is 0 Å². The van der Waals surface area contributed by atoms with E-state index in [2.05, 4.69) is 66.0 Å². The molecule has 28 heavy (non-hydrogen) atoms. The summed E-state index contributed by atoms with van der Waals surface area (Å²) < 4.78 is 11.2. The van der Waals surface area contributed by atoms with Crippen molar-refractivity contribution < 1.29 is 9.47 Å². The van der Waals surface area contributed by atoms with Crippen LogP contribution in [0.1, 0.15) is 0 Å². The summed E-state index contributed by atoms with van der Waals surface area (Å²) in [4.78, 5) is 0. The van der Waals surface area contributed by atoms with Gasteiger partial charge in [0.25, 0.3) is 0 Å². The molecule has 3 heteroatoms. The summed E-state index contributed by atoms with van der Waals surface area (Å²) in [5, 5.41) is 5.57. The Balaban J connectivity index is 2.16. The van der Waals surface area contributed by atoms with Gasteiger partial charge in [0.15, 0.2) is 11.5 Å². The lowest BCUT2D eigenvalue weighted by Crippen LogP contribution is -1.97. The van der Waals surface area contributed by atoms with E-state index in [1.807, 2.05) is 25.2 Å². The average molecular weight is 369 g/mol. The molecule has 0 bridgehead atoms. The summed E-state index contributed by atoms with van der Waals surface area (Å²) in [7, 11) is 5.29. The Kier molecular flexibility index (Phi) is 4.90. The van der Waals surface area contributed by atoms with E-state index in [9.17, 15) is 0 Å². The van der Waals surface area contributed by atoms with Gasteiger partial charge in [0.2, 0.25) is 0 Å². The molecule has 1 N–H and O–H groups in total. The Labute approximate surface area is 165 Å². The van der Waals surface area contributed by atoms with E-state index >= 15 is 0 Å². The highest BCUT2D eigenvalue weighted by molar-refractivity contribution is 6.10. The van der Waals surface area contributed by atoms with Gasteiger partial charge in [-0.3, -0.25) is 0 Å². The molecule has 0 fully saturated rings. The van der Waals surface area contributed by atoms with Gasteiger partial charge in [-0.1, -0.05) is 60.7 Å². The Bertz CT molecular complexity index is 1110. The third kappa shape index (κ3) is 3.05. The lowest BCUT2D eigenvalue weighted by atomic mass is 9.88. The molecule has 0 aliphatic heterocycles. The molecular weight excluding hydrogens is 346 g/mol. The predicted molar refractivity (Wildman–Crippen MR) is 117 cm³/mol. The molecule has 3 nitrogen and oxygen atoms in total. The summed E-state index contributed by atoms with van der Waals surface area (Å²) in [5.41, 5.74) is 5.75. The molecule has 0 heterocycles. The fraction of sp³-hybridized carbons (Fsp3) is 0.120. The monoisotopic (exact) mass is 369 g/mol. The molecular formula is C25H23NO2. The molecule has 0 spiro atoms. The van der Waals surface area contributed by atoms with Crippen molar-refractivity contribution in [3.63, 3.8) is 0 Å². The van der Waals surface area contributed by atoms with Crippen LogP contribution in [0.3, 0.4) is 0 Å². The number of hydrogen-bond acceptors (Lipinski definition) is 3. The van der Waals surface area contributed by atoms with Crippen LogP contribution in [0.5, 0.6) is 11.5 Å².